The average molecular weight is 252 g/mol. The molecule has 4 heteroatoms. The van der Waals surface area contributed by atoms with Crippen molar-refractivity contribution in [3.8, 4) is 11.5 Å². The molecule has 1 rings (SSSR count). The smallest absolute Gasteiger partial charge is 0.162 e. The summed E-state index contributed by atoms with van der Waals surface area (Å²) < 4.78 is 10.6. The minimum Gasteiger partial charge on any atom is -0.493 e. The van der Waals surface area contributed by atoms with Crippen LogP contribution in [0.15, 0.2) is 12.1 Å². The Hall–Kier alpha value is -1.42. The molecule has 0 fully saturated rings. The van der Waals surface area contributed by atoms with Crippen molar-refractivity contribution in [1.29, 1.82) is 0 Å². The Kier molecular flexibility index (Phi) is 5.78. The Morgan fingerprint density at radius 3 is 2.33 bits per heavy atom. The highest BCUT2D eigenvalue weighted by Gasteiger charge is 2.09. The van der Waals surface area contributed by atoms with Crippen LogP contribution in [0, 0.1) is 12.8 Å². The van der Waals surface area contributed by atoms with Gasteiger partial charge in [0.15, 0.2) is 11.5 Å². The van der Waals surface area contributed by atoms with Crippen LogP contribution in [0.4, 0.5) is 5.69 Å². The van der Waals surface area contributed by atoms with Gasteiger partial charge in [-0.15, -0.1) is 0 Å². The lowest BCUT2D eigenvalue weighted by atomic mass is 10.1. The van der Waals surface area contributed by atoms with Crippen LogP contribution in [-0.2, 0) is 0 Å². The molecular formula is C14H24N2O2. The third-order valence-corrected chi connectivity index (χ3v) is 3.22. The lowest BCUT2D eigenvalue weighted by Crippen LogP contribution is -2.22. The van der Waals surface area contributed by atoms with Gasteiger partial charge in [-0.05, 0) is 31.0 Å². The first kappa shape index (κ1) is 14.6. The van der Waals surface area contributed by atoms with Crippen LogP contribution in [0.25, 0.3) is 0 Å². The Morgan fingerprint density at radius 2 is 1.83 bits per heavy atom. The summed E-state index contributed by atoms with van der Waals surface area (Å²) in [4.78, 5) is 0. The molecule has 1 aromatic carbocycles. The molecule has 0 amide bonds. The first-order valence-corrected chi connectivity index (χ1v) is 6.32. The van der Waals surface area contributed by atoms with E-state index in [1.807, 2.05) is 19.1 Å². The zero-order valence-electron chi connectivity index (χ0n) is 11.7. The normalized spacial score (nSPS) is 12.1. The number of hydrogen-bond donors (Lipinski definition) is 2. The number of hydrogen-bond acceptors (Lipinski definition) is 4. The lowest BCUT2D eigenvalue weighted by Gasteiger charge is -2.17. The second-order valence-electron chi connectivity index (χ2n) is 4.41. The van der Waals surface area contributed by atoms with Crippen molar-refractivity contribution >= 4 is 5.69 Å². The predicted octanol–water partition coefficient (Wildman–Crippen LogP) is 2.41. The van der Waals surface area contributed by atoms with E-state index < -0.39 is 0 Å². The fourth-order valence-corrected chi connectivity index (χ4v) is 1.82. The van der Waals surface area contributed by atoms with Gasteiger partial charge < -0.3 is 20.5 Å². The molecule has 18 heavy (non-hydrogen) atoms. The van der Waals surface area contributed by atoms with Crippen molar-refractivity contribution in [3.05, 3.63) is 17.7 Å². The highest BCUT2D eigenvalue weighted by Crippen LogP contribution is 2.32. The monoisotopic (exact) mass is 252 g/mol. The van der Waals surface area contributed by atoms with Crippen LogP contribution in [0.2, 0.25) is 0 Å². The van der Waals surface area contributed by atoms with Gasteiger partial charge in [0.05, 0.1) is 14.2 Å². The molecule has 0 bridgehead atoms. The molecule has 4 nitrogen and oxygen atoms in total. The van der Waals surface area contributed by atoms with Crippen LogP contribution in [0.3, 0.4) is 0 Å². The number of anilines is 1. The van der Waals surface area contributed by atoms with E-state index in [2.05, 4.69) is 12.2 Å². The topological polar surface area (TPSA) is 56.5 Å². The quantitative estimate of drug-likeness (QED) is 0.782. The van der Waals surface area contributed by atoms with Crippen molar-refractivity contribution in [3.63, 3.8) is 0 Å². The maximum atomic E-state index is 5.70. The fraction of sp³-hybridized carbons (Fsp3) is 0.571. The number of nitrogens with two attached hydrogens (primary N) is 1. The molecule has 1 aromatic rings. The van der Waals surface area contributed by atoms with Crippen LogP contribution in [-0.4, -0.2) is 27.3 Å². The predicted molar refractivity (Wildman–Crippen MR) is 75.6 cm³/mol. The minimum atomic E-state index is 0.498. The summed E-state index contributed by atoms with van der Waals surface area (Å²) in [5, 5.41) is 3.43. The summed E-state index contributed by atoms with van der Waals surface area (Å²) in [5.74, 6) is 2.00. The molecule has 0 aromatic heterocycles. The highest BCUT2D eigenvalue weighted by molar-refractivity contribution is 5.60. The summed E-state index contributed by atoms with van der Waals surface area (Å²) in [7, 11) is 3.29. The second-order valence-corrected chi connectivity index (χ2v) is 4.41. The standard InChI is InChI=1S/C14H24N2O2/c1-5-11(8-15)9-16-12-7-14(18-4)13(17-3)6-10(12)2/h6-7,11,16H,5,8-9,15H2,1-4H3. The first-order chi connectivity index (χ1) is 8.65. The van der Waals surface area contributed by atoms with Gasteiger partial charge in [0.2, 0.25) is 0 Å². The molecule has 1 unspecified atom stereocenters. The second kappa shape index (κ2) is 7.11. The fourth-order valence-electron chi connectivity index (χ4n) is 1.82. The summed E-state index contributed by atoms with van der Waals surface area (Å²) in [6, 6.07) is 3.95. The zero-order chi connectivity index (χ0) is 13.5. The van der Waals surface area contributed by atoms with E-state index >= 15 is 0 Å². The van der Waals surface area contributed by atoms with Gasteiger partial charge in [-0.2, -0.15) is 0 Å². The van der Waals surface area contributed by atoms with E-state index in [4.69, 9.17) is 15.2 Å². The number of ether oxygens (including phenoxy) is 2. The molecule has 0 aliphatic rings. The SMILES string of the molecule is CCC(CN)CNc1cc(OC)c(OC)cc1C. The maximum absolute atomic E-state index is 5.70. The van der Waals surface area contributed by atoms with Crippen LogP contribution < -0.4 is 20.5 Å². The Morgan fingerprint density at radius 1 is 1.22 bits per heavy atom. The summed E-state index contributed by atoms with van der Waals surface area (Å²) in [6.45, 7) is 5.79. The summed E-state index contributed by atoms with van der Waals surface area (Å²) in [5.41, 5.74) is 7.91. The Bertz CT molecular complexity index is 376. The van der Waals surface area contributed by atoms with Gasteiger partial charge in [-0.25, -0.2) is 0 Å². The van der Waals surface area contributed by atoms with Crippen LogP contribution in [0.5, 0.6) is 11.5 Å². The van der Waals surface area contributed by atoms with Gasteiger partial charge >= 0.3 is 0 Å². The number of aryl methyl sites for hydroxylation is 1. The average Bonchev–Trinajstić information content (AvgIpc) is 2.40. The van der Waals surface area contributed by atoms with E-state index in [1.54, 1.807) is 14.2 Å². The third-order valence-electron chi connectivity index (χ3n) is 3.22. The maximum Gasteiger partial charge on any atom is 0.162 e. The van der Waals surface area contributed by atoms with Crippen molar-refractivity contribution in [2.45, 2.75) is 20.3 Å². The molecule has 102 valence electrons. The van der Waals surface area contributed by atoms with Gasteiger partial charge in [-0.1, -0.05) is 13.3 Å². The van der Waals surface area contributed by atoms with Gasteiger partial charge in [-0.3, -0.25) is 0 Å². The van der Waals surface area contributed by atoms with Gasteiger partial charge in [0.1, 0.15) is 0 Å². The molecule has 1 atom stereocenters. The Labute approximate surface area is 109 Å². The largest absolute Gasteiger partial charge is 0.493 e. The molecule has 0 radical (unpaired) electrons. The van der Waals surface area contributed by atoms with Crippen molar-refractivity contribution in [1.82, 2.24) is 0 Å². The van der Waals surface area contributed by atoms with Gasteiger partial charge in [0, 0.05) is 18.3 Å². The molecule has 0 heterocycles. The zero-order valence-corrected chi connectivity index (χ0v) is 11.7. The van der Waals surface area contributed by atoms with Crippen molar-refractivity contribution < 1.29 is 9.47 Å². The summed E-state index contributed by atoms with van der Waals surface area (Å²) >= 11 is 0. The molecular weight excluding hydrogens is 228 g/mol. The van der Waals surface area contributed by atoms with E-state index in [1.165, 1.54) is 0 Å². The molecule has 0 saturated heterocycles. The number of nitrogens with one attached hydrogen (secondary N) is 1. The highest BCUT2D eigenvalue weighted by atomic mass is 16.5. The molecule has 0 aliphatic heterocycles. The van der Waals surface area contributed by atoms with E-state index in [0.717, 1.165) is 35.7 Å². The minimum absolute atomic E-state index is 0.498. The first-order valence-electron chi connectivity index (χ1n) is 6.32. The van der Waals surface area contributed by atoms with Crippen molar-refractivity contribution in [2.75, 3.05) is 32.6 Å². The molecule has 0 spiro atoms. The van der Waals surface area contributed by atoms with Crippen LogP contribution in [0.1, 0.15) is 18.9 Å². The lowest BCUT2D eigenvalue weighted by molar-refractivity contribution is 0.355. The molecule has 3 N–H and O–H groups in total. The number of benzene rings is 1. The van der Waals surface area contributed by atoms with Crippen LogP contribution >= 0.6 is 0 Å². The van der Waals surface area contributed by atoms with Gasteiger partial charge in [0.25, 0.3) is 0 Å². The van der Waals surface area contributed by atoms with E-state index in [9.17, 15) is 0 Å². The van der Waals surface area contributed by atoms with Crippen molar-refractivity contribution in [2.24, 2.45) is 11.7 Å². The van der Waals surface area contributed by atoms with E-state index in [0.29, 0.717) is 12.5 Å². The number of rotatable bonds is 7. The summed E-state index contributed by atoms with van der Waals surface area (Å²) in [6.07, 6.45) is 1.08. The molecule has 0 saturated carbocycles. The van der Waals surface area contributed by atoms with E-state index in [-0.39, 0.29) is 0 Å². The Balaban J connectivity index is 2.82. The third kappa shape index (κ3) is 3.53. The molecule has 0 aliphatic carbocycles. The number of methoxy groups -OCH3 is 2.